The van der Waals surface area contributed by atoms with Crippen molar-refractivity contribution in [3.05, 3.63) is 69.7 Å². The monoisotopic (exact) mass is 263 g/mol. The van der Waals surface area contributed by atoms with E-state index in [-0.39, 0.29) is 12.0 Å². The summed E-state index contributed by atoms with van der Waals surface area (Å²) in [6.07, 6.45) is 0.256. The second-order valence-electron chi connectivity index (χ2n) is 3.84. The highest BCUT2D eigenvalue weighted by atomic mass is 35.5. The molecule has 2 aromatic rings. The second-order valence-corrected chi connectivity index (χ2v) is 4.27. The Morgan fingerprint density at radius 2 is 1.83 bits per heavy atom. The van der Waals surface area contributed by atoms with E-state index < -0.39 is 11.6 Å². The van der Waals surface area contributed by atoms with Crippen molar-refractivity contribution >= 4 is 11.6 Å². The average Bonchev–Trinajstić information content (AvgIpc) is 2.33. The first kappa shape index (κ1) is 12.5. The molecule has 0 saturated carbocycles. The van der Waals surface area contributed by atoms with Crippen molar-refractivity contribution in [2.45, 2.75) is 6.42 Å². The molecule has 0 bridgehead atoms. The summed E-state index contributed by atoms with van der Waals surface area (Å²) in [4.78, 5) is 0. The molecule has 0 unspecified atom stereocenters. The summed E-state index contributed by atoms with van der Waals surface area (Å²) in [6, 6.07) is 10.3. The maximum Gasteiger partial charge on any atom is 0.141 e. The maximum atomic E-state index is 13.6. The van der Waals surface area contributed by atoms with Crippen molar-refractivity contribution < 1.29 is 8.78 Å². The topological polar surface area (TPSA) is 23.8 Å². The van der Waals surface area contributed by atoms with Gasteiger partial charge in [0.25, 0.3) is 0 Å². The molecule has 0 saturated heterocycles. The Balaban J connectivity index is 2.29. The highest BCUT2D eigenvalue weighted by Gasteiger charge is 2.07. The predicted octanol–water partition coefficient (Wildman–Crippen LogP) is 4.08. The van der Waals surface area contributed by atoms with Crippen LogP contribution in [0.15, 0.2) is 36.4 Å². The molecule has 0 aromatic heterocycles. The molecule has 0 radical (unpaired) electrons. The molecular weight excluding hydrogens is 256 g/mol. The number of rotatable bonds is 2. The quantitative estimate of drug-likeness (QED) is 0.801. The lowest BCUT2D eigenvalue weighted by Gasteiger charge is -2.05. The fourth-order valence-corrected chi connectivity index (χ4v) is 1.80. The number of hydrogen-bond acceptors (Lipinski definition) is 1. The Labute approximate surface area is 108 Å². The largest absolute Gasteiger partial charge is 0.207 e. The summed E-state index contributed by atoms with van der Waals surface area (Å²) in [5.41, 5.74) is 1.02. The van der Waals surface area contributed by atoms with Gasteiger partial charge in [0.1, 0.15) is 17.7 Å². The van der Waals surface area contributed by atoms with E-state index >= 15 is 0 Å². The highest BCUT2D eigenvalue weighted by molar-refractivity contribution is 6.30. The van der Waals surface area contributed by atoms with Crippen molar-refractivity contribution in [2.24, 2.45) is 0 Å². The number of hydrogen-bond donors (Lipinski definition) is 0. The summed E-state index contributed by atoms with van der Waals surface area (Å²) in [5, 5.41) is 8.93. The molecular formula is C14H8ClF2N. The third kappa shape index (κ3) is 2.66. The van der Waals surface area contributed by atoms with Crippen molar-refractivity contribution in [1.82, 2.24) is 0 Å². The van der Waals surface area contributed by atoms with E-state index in [1.165, 1.54) is 18.2 Å². The van der Waals surface area contributed by atoms with Gasteiger partial charge < -0.3 is 0 Å². The van der Waals surface area contributed by atoms with Gasteiger partial charge in [-0.15, -0.1) is 0 Å². The summed E-state index contributed by atoms with van der Waals surface area (Å²) in [6.45, 7) is 0. The minimum Gasteiger partial charge on any atom is -0.207 e. The number of nitrogens with zero attached hydrogens (tertiary/aromatic N) is 1. The van der Waals surface area contributed by atoms with Crippen molar-refractivity contribution in [3.8, 4) is 6.07 Å². The third-order valence-electron chi connectivity index (χ3n) is 2.56. The molecule has 2 aromatic carbocycles. The zero-order chi connectivity index (χ0) is 13.1. The normalized spacial score (nSPS) is 10.1. The van der Waals surface area contributed by atoms with Crippen molar-refractivity contribution in [3.63, 3.8) is 0 Å². The minimum atomic E-state index is -0.593. The molecule has 0 spiro atoms. The second kappa shape index (κ2) is 5.16. The van der Waals surface area contributed by atoms with Crippen LogP contribution in [0.25, 0.3) is 0 Å². The first-order chi connectivity index (χ1) is 8.60. The molecule has 0 heterocycles. The van der Waals surface area contributed by atoms with E-state index in [1.807, 2.05) is 0 Å². The van der Waals surface area contributed by atoms with Crippen LogP contribution in [0.4, 0.5) is 8.78 Å². The predicted molar refractivity (Wildman–Crippen MR) is 65.3 cm³/mol. The summed E-state index contributed by atoms with van der Waals surface area (Å²) in [7, 11) is 0. The molecule has 0 aliphatic carbocycles. The van der Waals surface area contributed by atoms with Crippen LogP contribution in [-0.4, -0.2) is 0 Å². The van der Waals surface area contributed by atoms with Crippen LogP contribution in [0.2, 0.25) is 5.02 Å². The van der Waals surface area contributed by atoms with Crippen LogP contribution >= 0.6 is 11.6 Å². The van der Waals surface area contributed by atoms with Gasteiger partial charge in [-0.05, 0) is 35.4 Å². The van der Waals surface area contributed by atoms with Gasteiger partial charge in [-0.1, -0.05) is 23.7 Å². The lowest BCUT2D eigenvalue weighted by Crippen LogP contribution is -1.94. The van der Waals surface area contributed by atoms with Crippen LogP contribution in [-0.2, 0) is 6.42 Å². The Bertz CT molecular complexity index is 632. The van der Waals surface area contributed by atoms with Gasteiger partial charge in [-0.3, -0.25) is 0 Å². The first-order valence-electron chi connectivity index (χ1n) is 5.22. The van der Waals surface area contributed by atoms with Crippen LogP contribution in [0.1, 0.15) is 16.7 Å². The van der Waals surface area contributed by atoms with Gasteiger partial charge in [0.15, 0.2) is 0 Å². The van der Waals surface area contributed by atoms with Gasteiger partial charge >= 0.3 is 0 Å². The van der Waals surface area contributed by atoms with Crippen LogP contribution < -0.4 is 0 Å². The molecule has 0 fully saturated rings. The smallest absolute Gasteiger partial charge is 0.141 e. The van der Waals surface area contributed by atoms with E-state index in [4.69, 9.17) is 16.9 Å². The van der Waals surface area contributed by atoms with Gasteiger partial charge in [0.05, 0.1) is 5.56 Å². The van der Waals surface area contributed by atoms with Crippen LogP contribution in [0.3, 0.4) is 0 Å². The molecule has 2 rings (SSSR count). The molecule has 0 N–H and O–H groups in total. The van der Waals surface area contributed by atoms with Crippen LogP contribution in [0.5, 0.6) is 0 Å². The highest BCUT2D eigenvalue weighted by Crippen LogP contribution is 2.19. The molecule has 0 aliphatic rings. The van der Waals surface area contributed by atoms with E-state index in [0.29, 0.717) is 16.1 Å². The lowest BCUT2D eigenvalue weighted by atomic mass is 10.0. The Hall–Kier alpha value is -1.92. The minimum absolute atomic E-state index is 0.0182. The molecule has 0 atom stereocenters. The standard InChI is InChI=1S/C14H8ClF2N/c15-12-4-3-10(14(17)7-12)5-9-1-2-11(8-18)13(16)6-9/h1-4,6-7H,5H2. The SMILES string of the molecule is N#Cc1ccc(Cc2ccc(Cl)cc2F)cc1F. The van der Waals surface area contributed by atoms with Gasteiger partial charge in [-0.25, -0.2) is 8.78 Å². The fraction of sp³-hybridized carbons (Fsp3) is 0.0714. The maximum absolute atomic E-state index is 13.6. The zero-order valence-electron chi connectivity index (χ0n) is 9.25. The summed E-state index contributed by atoms with van der Waals surface area (Å²) < 4.78 is 26.9. The molecule has 18 heavy (non-hydrogen) atoms. The molecule has 1 nitrogen and oxygen atoms in total. The lowest BCUT2D eigenvalue weighted by molar-refractivity contribution is 0.610. The third-order valence-corrected chi connectivity index (χ3v) is 2.80. The fourth-order valence-electron chi connectivity index (χ4n) is 1.64. The Morgan fingerprint density at radius 1 is 1.06 bits per heavy atom. The Kier molecular flexibility index (Phi) is 3.59. The number of halogens is 3. The van der Waals surface area contributed by atoms with Crippen molar-refractivity contribution in [1.29, 1.82) is 5.26 Å². The van der Waals surface area contributed by atoms with Crippen molar-refractivity contribution in [2.75, 3.05) is 0 Å². The molecule has 90 valence electrons. The Morgan fingerprint density at radius 3 is 2.44 bits per heavy atom. The molecule has 4 heteroatoms. The van der Waals surface area contributed by atoms with E-state index in [2.05, 4.69) is 0 Å². The summed E-state index contributed by atoms with van der Waals surface area (Å²) in [5.74, 6) is -1.02. The van der Waals surface area contributed by atoms with E-state index in [0.717, 1.165) is 0 Å². The van der Waals surface area contributed by atoms with E-state index in [1.54, 1.807) is 24.3 Å². The molecule has 0 amide bonds. The van der Waals surface area contributed by atoms with Gasteiger partial charge in [0, 0.05) is 11.4 Å². The van der Waals surface area contributed by atoms with Gasteiger partial charge in [-0.2, -0.15) is 5.26 Å². The zero-order valence-corrected chi connectivity index (χ0v) is 10.0. The average molecular weight is 264 g/mol. The van der Waals surface area contributed by atoms with E-state index in [9.17, 15) is 8.78 Å². The summed E-state index contributed by atoms with van der Waals surface area (Å²) >= 11 is 5.65. The number of nitriles is 1. The molecule has 0 aliphatic heterocycles. The number of benzene rings is 2. The first-order valence-corrected chi connectivity index (χ1v) is 5.60. The van der Waals surface area contributed by atoms with Crippen LogP contribution in [0, 0.1) is 23.0 Å². The van der Waals surface area contributed by atoms with Gasteiger partial charge in [0.2, 0.25) is 0 Å².